The summed E-state index contributed by atoms with van der Waals surface area (Å²) >= 11 is 11.9. The molecular formula is C16H21Cl2NO3. The molecule has 1 aromatic carbocycles. The van der Waals surface area contributed by atoms with Gasteiger partial charge in [0.2, 0.25) is 0 Å². The molecular weight excluding hydrogens is 325 g/mol. The molecule has 1 aliphatic heterocycles. The maximum atomic E-state index is 10.7. The smallest absolute Gasteiger partial charge is 0.303 e. The quantitative estimate of drug-likeness (QED) is 0.812. The van der Waals surface area contributed by atoms with Gasteiger partial charge in [0.1, 0.15) is 12.4 Å². The first-order chi connectivity index (χ1) is 10.5. The highest BCUT2D eigenvalue weighted by Crippen LogP contribution is 2.24. The first kappa shape index (κ1) is 17.4. The number of carboxylic acids is 1. The summed E-state index contributed by atoms with van der Waals surface area (Å²) in [5, 5.41) is 9.90. The Hall–Kier alpha value is -0.970. The van der Waals surface area contributed by atoms with Gasteiger partial charge >= 0.3 is 5.97 Å². The number of ether oxygens (including phenoxy) is 1. The van der Waals surface area contributed by atoms with Crippen molar-refractivity contribution in [3.63, 3.8) is 0 Å². The fourth-order valence-corrected chi connectivity index (χ4v) is 3.33. The number of hydrogen-bond donors (Lipinski definition) is 1. The van der Waals surface area contributed by atoms with Crippen LogP contribution in [-0.4, -0.2) is 42.2 Å². The Balaban J connectivity index is 1.73. The van der Waals surface area contributed by atoms with Crippen LogP contribution in [-0.2, 0) is 4.79 Å². The molecule has 1 atom stereocenters. The molecule has 0 aromatic heterocycles. The largest absolute Gasteiger partial charge is 0.492 e. The van der Waals surface area contributed by atoms with E-state index in [-0.39, 0.29) is 6.42 Å². The van der Waals surface area contributed by atoms with Gasteiger partial charge in [0, 0.05) is 29.6 Å². The zero-order valence-corrected chi connectivity index (χ0v) is 13.9. The van der Waals surface area contributed by atoms with Gasteiger partial charge in [-0.1, -0.05) is 23.2 Å². The minimum Gasteiger partial charge on any atom is -0.492 e. The summed E-state index contributed by atoms with van der Waals surface area (Å²) in [4.78, 5) is 13.0. The van der Waals surface area contributed by atoms with Gasteiger partial charge in [0.05, 0.1) is 0 Å². The number of likely N-dealkylation sites (tertiary alicyclic amines) is 1. The van der Waals surface area contributed by atoms with E-state index >= 15 is 0 Å². The zero-order chi connectivity index (χ0) is 15.9. The molecule has 0 saturated carbocycles. The van der Waals surface area contributed by atoms with Gasteiger partial charge in [-0.2, -0.15) is 0 Å². The Kier molecular flexibility index (Phi) is 6.80. The van der Waals surface area contributed by atoms with Crippen LogP contribution in [0.3, 0.4) is 0 Å². The summed E-state index contributed by atoms with van der Waals surface area (Å²) in [6.45, 7) is 3.40. The second-order valence-corrected chi connectivity index (χ2v) is 6.57. The predicted molar refractivity (Wildman–Crippen MR) is 88.0 cm³/mol. The number of halogens is 2. The van der Waals surface area contributed by atoms with Gasteiger partial charge in [0.15, 0.2) is 0 Å². The molecule has 1 unspecified atom stereocenters. The summed E-state index contributed by atoms with van der Waals surface area (Å²) in [6.07, 6.45) is 3.26. The van der Waals surface area contributed by atoms with E-state index in [1.54, 1.807) is 18.2 Å². The Morgan fingerprint density at radius 2 is 2.05 bits per heavy atom. The lowest BCUT2D eigenvalue weighted by Gasteiger charge is -2.32. The van der Waals surface area contributed by atoms with Crippen molar-refractivity contribution in [3.8, 4) is 5.75 Å². The minimum atomic E-state index is -0.710. The van der Waals surface area contributed by atoms with Crippen molar-refractivity contribution in [1.29, 1.82) is 0 Å². The van der Waals surface area contributed by atoms with Crippen molar-refractivity contribution in [2.45, 2.75) is 25.7 Å². The second kappa shape index (κ2) is 8.61. The summed E-state index contributed by atoms with van der Waals surface area (Å²) in [7, 11) is 0. The Labute approximate surface area is 141 Å². The molecule has 4 nitrogen and oxygen atoms in total. The monoisotopic (exact) mass is 345 g/mol. The van der Waals surface area contributed by atoms with Crippen molar-refractivity contribution < 1.29 is 14.6 Å². The van der Waals surface area contributed by atoms with Crippen LogP contribution in [0.2, 0.25) is 10.0 Å². The van der Waals surface area contributed by atoms with Crippen LogP contribution in [0, 0.1) is 5.92 Å². The number of benzene rings is 1. The normalized spacial score (nSPS) is 19.1. The molecule has 1 aromatic rings. The molecule has 1 fully saturated rings. The molecule has 1 saturated heterocycles. The first-order valence-corrected chi connectivity index (χ1v) is 8.31. The molecule has 0 radical (unpaired) electrons. The highest BCUT2D eigenvalue weighted by molar-refractivity contribution is 6.34. The molecule has 0 amide bonds. The van der Waals surface area contributed by atoms with E-state index < -0.39 is 5.97 Å². The fourth-order valence-electron chi connectivity index (χ4n) is 2.82. The number of carboxylic acid groups (broad SMARTS) is 1. The van der Waals surface area contributed by atoms with Crippen LogP contribution in [0.15, 0.2) is 18.2 Å². The van der Waals surface area contributed by atoms with Gasteiger partial charge in [-0.25, -0.2) is 0 Å². The standard InChI is InChI=1S/C16H21Cl2NO3/c17-13-8-14(18)10-15(9-13)22-7-6-19-5-1-2-12(11-19)3-4-16(20)21/h8-10,12H,1-7,11H2,(H,20,21). The van der Waals surface area contributed by atoms with Crippen molar-refractivity contribution in [2.24, 2.45) is 5.92 Å². The molecule has 22 heavy (non-hydrogen) atoms. The van der Waals surface area contributed by atoms with Crippen LogP contribution >= 0.6 is 23.2 Å². The number of piperidine rings is 1. The molecule has 0 aliphatic carbocycles. The number of nitrogens with zero attached hydrogens (tertiary/aromatic N) is 1. The second-order valence-electron chi connectivity index (χ2n) is 5.69. The first-order valence-electron chi connectivity index (χ1n) is 7.56. The molecule has 1 heterocycles. The van der Waals surface area contributed by atoms with E-state index in [1.807, 2.05) is 0 Å². The Bertz CT molecular complexity index is 490. The lowest BCUT2D eigenvalue weighted by atomic mass is 9.93. The Morgan fingerprint density at radius 1 is 1.32 bits per heavy atom. The summed E-state index contributed by atoms with van der Waals surface area (Å²) in [5.41, 5.74) is 0. The van der Waals surface area contributed by atoms with Crippen LogP contribution in [0.4, 0.5) is 0 Å². The van der Waals surface area contributed by atoms with E-state index in [0.717, 1.165) is 38.9 Å². The van der Waals surface area contributed by atoms with Crippen LogP contribution < -0.4 is 4.74 Å². The molecule has 122 valence electrons. The number of rotatable bonds is 7. The fraction of sp³-hybridized carbons (Fsp3) is 0.562. The highest BCUT2D eigenvalue weighted by Gasteiger charge is 2.20. The number of aliphatic carboxylic acids is 1. The van der Waals surface area contributed by atoms with Gasteiger partial charge < -0.3 is 9.84 Å². The van der Waals surface area contributed by atoms with E-state index in [4.69, 9.17) is 33.0 Å². The van der Waals surface area contributed by atoms with E-state index in [2.05, 4.69) is 4.90 Å². The van der Waals surface area contributed by atoms with E-state index in [1.165, 1.54) is 0 Å². The van der Waals surface area contributed by atoms with Crippen LogP contribution in [0.5, 0.6) is 5.75 Å². The van der Waals surface area contributed by atoms with Gasteiger partial charge in [-0.05, 0) is 49.9 Å². The van der Waals surface area contributed by atoms with E-state index in [9.17, 15) is 4.79 Å². The van der Waals surface area contributed by atoms with Gasteiger partial charge in [0.25, 0.3) is 0 Å². The molecule has 0 bridgehead atoms. The lowest BCUT2D eigenvalue weighted by Crippen LogP contribution is -2.38. The summed E-state index contributed by atoms with van der Waals surface area (Å²) < 4.78 is 5.70. The third-order valence-corrected chi connectivity index (χ3v) is 4.32. The topological polar surface area (TPSA) is 49.8 Å². The lowest BCUT2D eigenvalue weighted by molar-refractivity contribution is -0.137. The predicted octanol–water partition coefficient (Wildman–Crippen LogP) is 3.95. The minimum absolute atomic E-state index is 0.260. The summed E-state index contributed by atoms with van der Waals surface area (Å²) in [6, 6.07) is 5.17. The van der Waals surface area contributed by atoms with Gasteiger partial charge in [-0.15, -0.1) is 0 Å². The molecule has 0 spiro atoms. The van der Waals surface area contributed by atoms with Crippen molar-refractivity contribution >= 4 is 29.2 Å². The van der Waals surface area contributed by atoms with Crippen LogP contribution in [0.25, 0.3) is 0 Å². The van der Waals surface area contributed by atoms with Gasteiger partial charge in [-0.3, -0.25) is 9.69 Å². The average molecular weight is 346 g/mol. The Morgan fingerprint density at radius 3 is 2.73 bits per heavy atom. The maximum Gasteiger partial charge on any atom is 0.303 e. The molecule has 6 heteroatoms. The average Bonchev–Trinajstić information content (AvgIpc) is 2.44. The number of carbonyl (C=O) groups is 1. The summed E-state index contributed by atoms with van der Waals surface area (Å²) in [5.74, 6) is 0.445. The van der Waals surface area contributed by atoms with Crippen molar-refractivity contribution in [1.82, 2.24) is 4.90 Å². The third kappa shape index (κ3) is 6.03. The molecule has 1 N–H and O–H groups in total. The third-order valence-electron chi connectivity index (χ3n) is 3.88. The molecule has 2 rings (SSSR count). The SMILES string of the molecule is O=C(O)CCC1CCCN(CCOc2cc(Cl)cc(Cl)c2)C1. The highest BCUT2D eigenvalue weighted by atomic mass is 35.5. The van der Waals surface area contributed by atoms with E-state index in [0.29, 0.717) is 28.3 Å². The maximum absolute atomic E-state index is 10.7. The number of hydrogen-bond acceptors (Lipinski definition) is 3. The zero-order valence-electron chi connectivity index (χ0n) is 12.4. The van der Waals surface area contributed by atoms with Crippen molar-refractivity contribution in [2.75, 3.05) is 26.2 Å². The molecule has 1 aliphatic rings. The van der Waals surface area contributed by atoms with Crippen LogP contribution in [0.1, 0.15) is 25.7 Å². The van der Waals surface area contributed by atoms with Crippen molar-refractivity contribution in [3.05, 3.63) is 28.2 Å².